The maximum Gasteiger partial charge on any atom is 0.573 e. The van der Waals surface area contributed by atoms with E-state index in [-0.39, 0.29) is 40.4 Å². The summed E-state index contributed by atoms with van der Waals surface area (Å²) in [6.07, 6.45) is -0.246. The Kier molecular flexibility index (Phi) is 3.96. The summed E-state index contributed by atoms with van der Waals surface area (Å²) < 4.78 is 41.6. The lowest BCUT2D eigenvalue weighted by Gasteiger charge is -2.46. The number of carbonyl (C=O) groups excluding carboxylic acids is 2. The second kappa shape index (κ2) is 6.12. The van der Waals surface area contributed by atoms with E-state index in [1.807, 2.05) is 11.0 Å². The van der Waals surface area contributed by atoms with Crippen molar-refractivity contribution < 1.29 is 27.5 Å². The van der Waals surface area contributed by atoms with Gasteiger partial charge in [-0.2, -0.15) is 0 Å². The lowest BCUT2D eigenvalue weighted by atomic mass is 9.67. The van der Waals surface area contributed by atoms with Gasteiger partial charge in [0.25, 0.3) is 0 Å². The highest BCUT2D eigenvalue weighted by molar-refractivity contribution is 5.84. The van der Waals surface area contributed by atoms with Crippen LogP contribution < -0.4 is 10.1 Å². The number of hydrogen-bond acceptors (Lipinski definition) is 3. The number of hydrogen-bond donors (Lipinski definition) is 1. The van der Waals surface area contributed by atoms with Crippen molar-refractivity contribution in [2.45, 2.75) is 55.8 Å². The minimum absolute atomic E-state index is 0.0248. The van der Waals surface area contributed by atoms with Crippen molar-refractivity contribution in [1.29, 1.82) is 0 Å². The molecule has 2 atom stereocenters. The zero-order valence-corrected chi connectivity index (χ0v) is 15.9. The molecule has 0 radical (unpaired) electrons. The van der Waals surface area contributed by atoms with Gasteiger partial charge in [-0.1, -0.05) is 12.1 Å². The average Bonchev–Trinajstić information content (AvgIpc) is 3.24. The van der Waals surface area contributed by atoms with Crippen molar-refractivity contribution >= 4 is 11.8 Å². The number of piperidine rings is 1. The third-order valence-electron chi connectivity index (χ3n) is 7.31. The molecule has 4 aliphatic rings. The number of ether oxygens (including phenoxy) is 1. The SMILES string of the molecule is O=C1CCC2(CC(C(=O)N3CCC4(c5cccc(OC(F)(F)F)c5)CC4C3)C2)N1. The van der Waals surface area contributed by atoms with E-state index < -0.39 is 6.36 Å². The Morgan fingerprint density at radius 1 is 1.21 bits per heavy atom. The molecule has 5 nitrogen and oxygen atoms in total. The highest BCUT2D eigenvalue weighted by atomic mass is 19.4. The molecule has 2 saturated carbocycles. The van der Waals surface area contributed by atoms with E-state index in [1.54, 1.807) is 6.07 Å². The smallest absolute Gasteiger partial charge is 0.406 e. The van der Waals surface area contributed by atoms with Gasteiger partial charge in [0.15, 0.2) is 0 Å². The van der Waals surface area contributed by atoms with Crippen LogP contribution in [0, 0.1) is 11.8 Å². The number of amides is 2. The molecule has 2 heterocycles. The number of benzene rings is 1. The summed E-state index contributed by atoms with van der Waals surface area (Å²) in [5, 5.41) is 3.02. The summed E-state index contributed by atoms with van der Waals surface area (Å²) >= 11 is 0. The summed E-state index contributed by atoms with van der Waals surface area (Å²) in [4.78, 5) is 26.3. The summed E-state index contributed by atoms with van der Waals surface area (Å²) in [6, 6.07) is 6.27. The molecule has 0 aromatic heterocycles. The topological polar surface area (TPSA) is 58.6 Å². The summed E-state index contributed by atoms with van der Waals surface area (Å²) in [6.45, 7) is 1.27. The molecule has 2 aliphatic carbocycles. The highest BCUT2D eigenvalue weighted by Crippen LogP contribution is 2.60. The number of fused-ring (bicyclic) bond motifs is 1. The number of nitrogens with one attached hydrogen (secondary N) is 1. The first kappa shape index (κ1) is 18.8. The zero-order valence-electron chi connectivity index (χ0n) is 15.9. The van der Waals surface area contributed by atoms with Crippen LogP contribution in [0.4, 0.5) is 13.2 Å². The fourth-order valence-electron chi connectivity index (χ4n) is 5.72. The van der Waals surface area contributed by atoms with Crippen LogP contribution in [0.5, 0.6) is 5.75 Å². The van der Waals surface area contributed by atoms with E-state index >= 15 is 0 Å². The normalized spacial score (nSPS) is 35.7. The molecule has 1 aromatic carbocycles. The van der Waals surface area contributed by atoms with Crippen LogP contribution in [0.15, 0.2) is 24.3 Å². The molecule has 2 saturated heterocycles. The molecule has 4 fully saturated rings. The number of likely N-dealkylation sites (tertiary alicyclic amines) is 1. The van der Waals surface area contributed by atoms with E-state index in [0.29, 0.717) is 19.5 Å². The van der Waals surface area contributed by atoms with Crippen molar-refractivity contribution in [1.82, 2.24) is 10.2 Å². The van der Waals surface area contributed by atoms with Gasteiger partial charge >= 0.3 is 6.36 Å². The maximum atomic E-state index is 12.9. The summed E-state index contributed by atoms with van der Waals surface area (Å²) in [5.74, 6) is 0.302. The molecule has 8 heteroatoms. The van der Waals surface area contributed by atoms with E-state index in [2.05, 4.69) is 10.1 Å². The van der Waals surface area contributed by atoms with Gasteiger partial charge in [0, 0.05) is 36.4 Å². The van der Waals surface area contributed by atoms with Crippen LogP contribution in [0.25, 0.3) is 0 Å². The highest BCUT2D eigenvalue weighted by Gasteiger charge is 2.59. The van der Waals surface area contributed by atoms with Crippen molar-refractivity contribution in [2.75, 3.05) is 13.1 Å². The minimum atomic E-state index is -4.70. The van der Waals surface area contributed by atoms with Gasteiger partial charge < -0.3 is 15.0 Å². The van der Waals surface area contributed by atoms with Crippen LogP contribution >= 0.6 is 0 Å². The third kappa shape index (κ3) is 3.26. The Labute approximate surface area is 166 Å². The standard InChI is InChI=1S/C21H23F3N2O3/c22-21(23,24)29-16-3-1-2-14(8-16)20-6-7-26(12-15(20)11-20)18(28)13-9-19(10-13)5-4-17(27)25-19/h1-3,8,13,15H,4-7,9-12H2,(H,25,27). The molecule has 1 aromatic rings. The molecular weight excluding hydrogens is 385 g/mol. The van der Waals surface area contributed by atoms with E-state index in [9.17, 15) is 22.8 Å². The van der Waals surface area contributed by atoms with Crippen molar-refractivity contribution in [3.63, 3.8) is 0 Å². The van der Waals surface area contributed by atoms with E-state index in [1.165, 1.54) is 12.1 Å². The zero-order chi connectivity index (χ0) is 20.4. The number of carbonyl (C=O) groups is 2. The van der Waals surface area contributed by atoms with Crippen molar-refractivity contribution in [3.05, 3.63) is 29.8 Å². The fraction of sp³-hybridized carbons (Fsp3) is 0.619. The van der Waals surface area contributed by atoms with Crippen LogP contribution in [0.1, 0.15) is 44.1 Å². The number of rotatable bonds is 3. The number of halogens is 3. The quantitative estimate of drug-likeness (QED) is 0.836. The first-order chi connectivity index (χ1) is 13.7. The fourth-order valence-corrected chi connectivity index (χ4v) is 5.72. The van der Waals surface area contributed by atoms with Crippen LogP contribution in [-0.4, -0.2) is 41.7 Å². The average molecular weight is 408 g/mol. The molecule has 0 bridgehead atoms. The Hall–Kier alpha value is -2.25. The number of alkyl halides is 3. The molecular formula is C21H23F3N2O3. The van der Waals surface area contributed by atoms with E-state index in [4.69, 9.17) is 0 Å². The molecule has 156 valence electrons. The van der Waals surface area contributed by atoms with Crippen LogP contribution in [-0.2, 0) is 15.0 Å². The van der Waals surface area contributed by atoms with Crippen LogP contribution in [0.2, 0.25) is 0 Å². The molecule has 1 spiro atoms. The van der Waals surface area contributed by atoms with Gasteiger partial charge in [-0.25, -0.2) is 0 Å². The van der Waals surface area contributed by atoms with Gasteiger partial charge in [-0.05, 0) is 55.7 Å². The lowest BCUT2D eigenvalue weighted by molar-refractivity contribution is -0.274. The molecule has 5 rings (SSSR count). The van der Waals surface area contributed by atoms with Gasteiger partial charge in [0.1, 0.15) is 5.75 Å². The Morgan fingerprint density at radius 3 is 2.66 bits per heavy atom. The predicted molar refractivity (Wildman–Crippen MR) is 96.9 cm³/mol. The van der Waals surface area contributed by atoms with Crippen molar-refractivity contribution in [2.24, 2.45) is 11.8 Å². The molecule has 29 heavy (non-hydrogen) atoms. The van der Waals surface area contributed by atoms with Gasteiger partial charge in [0.2, 0.25) is 11.8 Å². The van der Waals surface area contributed by atoms with Gasteiger partial charge in [-0.15, -0.1) is 13.2 Å². The summed E-state index contributed by atoms with van der Waals surface area (Å²) in [5.41, 5.74) is 0.574. The second-order valence-electron chi connectivity index (χ2n) is 9.10. The summed E-state index contributed by atoms with van der Waals surface area (Å²) in [7, 11) is 0. The first-order valence-electron chi connectivity index (χ1n) is 10.1. The number of nitrogens with zero attached hydrogens (tertiary/aromatic N) is 1. The monoisotopic (exact) mass is 408 g/mol. The second-order valence-corrected chi connectivity index (χ2v) is 9.10. The van der Waals surface area contributed by atoms with Crippen LogP contribution in [0.3, 0.4) is 0 Å². The Balaban J connectivity index is 1.21. The third-order valence-corrected chi connectivity index (χ3v) is 7.31. The molecule has 2 amide bonds. The molecule has 2 aliphatic heterocycles. The van der Waals surface area contributed by atoms with Crippen molar-refractivity contribution in [3.8, 4) is 5.75 Å². The molecule has 2 unspecified atom stereocenters. The maximum absolute atomic E-state index is 12.9. The molecule has 1 N–H and O–H groups in total. The predicted octanol–water partition coefficient (Wildman–Crippen LogP) is 3.13. The first-order valence-corrected chi connectivity index (χ1v) is 10.1. The lowest BCUT2D eigenvalue weighted by Crippen LogP contribution is -2.57. The van der Waals surface area contributed by atoms with E-state index in [0.717, 1.165) is 37.7 Å². The minimum Gasteiger partial charge on any atom is -0.406 e. The Morgan fingerprint density at radius 2 is 2.00 bits per heavy atom. The van der Waals surface area contributed by atoms with Gasteiger partial charge in [-0.3, -0.25) is 9.59 Å². The van der Waals surface area contributed by atoms with Gasteiger partial charge in [0.05, 0.1) is 0 Å². The Bertz CT molecular complexity index is 865. The largest absolute Gasteiger partial charge is 0.573 e.